The van der Waals surface area contributed by atoms with Crippen LogP contribution in [0.15, 0.2) is 6.20 Å². The smallest absolute Gasteiger partial charge is 0.317 e. The standard InChI is InChI=1S/C13H19N3OS/c1-8-7-14-12(18-8)11(9-3-4-9)15-13(17)16(2)10-5-6-10/h7,9-11H,3-6H2,1-2H3,(H,15,17). The molecule has 1 atom stereocenters. The van der Waals surface area contributed by atoms with E-state index in [0.29, 0.717) is 12.0 Å². The van der Waals surface area contributed by atoms with Gasteiger partial charge in [-0.05, 0) is 38.5 Å². The Hall–Kier alpha value is -1.10. The monoisotopic (exact) mass is 265 g/mol. The van der Waals surface area contributed by atoms with E-state index in [2.05, 4.69) is 17.2 Å². The summed E-state index contributed by atoms with van der Waals surface area (Å²) >= 11 is 1.70. The second-order valence-corrected chi connectivity index (χ2v) is 6.68. The molecule has 1 N–H and O–H groups in total. The van der Waals surface area contributed by atoms with Gasteiger partial charge in [0.25, 0.3) is 0 Å². The van der Waals surface area contributed by atoms with Crippen LogP contribution in [-0.2, 0) is 0 Å². The van der Waals surface area contributed by atoms with E-state index in [1.807, 2.05) is 18.1 Å². The van der Waals surface area contributed by atoms with Crippen molar-refractivity contribution in [3.05, 3.63) is 16.1 Å². The van der Waals surface area contributed by atoms with Gasteiger partial charge in [-0.2, -0.15) is 0 Å². The van der Waals surface area contributed by atoms with Crippen LogP contribution in [0.4, 0.5) is 4.79 Å². The summed E-state index contributed by atoms with van der Waals surface area (Å²) in [5.41, 5.74) is 0. The van der Waals surface area contributed by atoms with Gasteiger partial charge in [-0.1, -0.05) is 0 Å². The molecule has 1 aromatic rings. The van der Waals surface area contributed by atoms with Gasteiger partial charge in [0.05, 0.1) is 6.04 Å². The largest absolute Gasteiger partial charge is 0.328 e. The first-order valence-corrected chi connectivity index (χ1v) is 7.42. The highest BCUT2D eigenvalue weighted by Gasteiger charge is 2.37. The minimum absolute atomic E-state index is 0.0576. The van der Waals surface area contributed by atoms with E-state index >= 15 is 0 Å². The number of carbonyl (C=O) groups excluding carboxylic acids is 1. The lowest BCUT2D eigenvalue weighted by atomic mass is 10.2. The van der Waals surface area contributed by atoms with Gasteiger partial charge >= 0.3 is 6.03 Å². The maximum Gasteiger partial charge on any atom is 0.317 e. The van der Waals surface area contributed by atoms with Crippen molar-refractivity contribution in [2.24, 2.45) is 5.92 Å². The van der Waals surface area contributed by atoms with Crippen LogP contribution < -0.4 is 5.32 Å². The van der Waals surface area contributed by atoms with Crippen molar-refractivity contribution in [3.63, 3.8) is 0 Å². The van der Waals surface area contributed by atoms with E-state index in [4.69, 9.17) is 0 Å². The predicted molar refractivity (Wildman–Crippen MR) is 71.6 cm³/mol. The number of nitrogens with one attached hydrogen (secondary N) is 1. The van der Waals surface area contributed by atoms with Gasteiger partial charge in [0.1, 0.15) is 5.01 Å². The van der Waals surface area contributed by atoms with Crippen LogP contribution in [0.3, 0.4) is 0 Å². The fourth-order valence-electron chi connectivity index (χ4n) is 2.19. The lowest BCUT2D eigenvalue weighted by Crippen LogP contribution is -2.41. The minimum Gasteiger partial charge on any atom is -0.328 e. The zero-order valence-corrected chi connectivity index (χ0v) is 11.7. The van der Waals surface area contributed by atoms with E-state index < -0.39 is 0 Å². The molecule has 0 saturated heterocycles. The molecule has 4 nitrogen and oxygen atoms in total. The quantitative estimate of drug-likeness (QED) is 0.909. The highest BCUT2D eigenvalue weighted by molar-refractivity contribution is 7.11. The molecule has 0 radical (unpaired) electrons. The molecule has 0 aliphatic heterocycles. The second kappa shape index (κ2) is 4.53. The summed E-state index contributed by atoms with van der Waals surface area (Å²) in [6, 6.07) is 0.641. The number of hydrogen-bond acceptors (Lipinski definition) is 3. The summed E-state index contributed by atoms with van der Waals surface area (Å²) < 4.78 is 0. The van der Waals surface area contributed by atoms with Crippen LogP contribution in [0.1, 0.15) is 41.6 Å². The van der Waals surface area contributed by atoms with Gasteiger partial charge in [-0.25, -0.2) is 9.78 Å². The van der Waals surface area contributed by atoms with Crippen molar-refractivity contribution >= 4 is 17.4 Å². The van der Waals surface area contributed by atoms with Crippen molar-refractivity contribution < 1.29 is 4.79 Å². The molecule has 0 aromatic carbocycles. The second-order valence-electron chi connectivity index (χ2n) is 5.42. The third-order valence-electron chi connectivity index (χ3n) is 3.69. The Bertz CT molecular complexity index is 451. The van der Waals surface area contributed by atoms with Crippen molar-refractivity contribution in [1.29, 1.82) is 0 Å². The molecule has 2 amide bonds. The Labute approximate surface area is 111 Å². The van der Waals surface area contributed by atoms with Crippen molar-refractivity contribution in [1.82, 2.24) is 15.2 Å². The number of carbonyl (C=O) groups is 1. The summed E-state index contributed by atoms with van der Waals surface area (Å²) in [5.74, 6) is 0.590. The van der Waals surface area contributed by atoms with Gasteiger partial charge in [-0.15, -0.1) is 11.3 Å². The van der Waals surface area contributed by atoms with Crippen molar-refractivity contribution in [2.75, 3.05) is 7.05 Å². The SMILES string of the molecule is Cc1cnc(C(NC(=O)N(C)C2CC2)C2CC2)s1. The highest BCUT2D eigenvalue weighted by Crippen LogP contribution is 2.42. The van der Waals surface area contributed by atoms with E-state index in [1.54, 1.807) is 11.3 Å². The molecule has 2 fully saturated rings. The Morgan fingerprint density at radius 2 is 2.22 bits per heavy atom. The van der Waals surface area contributed by atoms with Crippen LogP contribution in [0.5, 0.6) is 0 Å². The summed E-state index contributed by atoms with van der Waals surface area (Å²) in [4.78, 5) is 19.6. The Kier molecular flexibility index (Phi) is 3.01. The van der Waals surface area contributed by atoms with Gasteiger partial charge in [0.2, 0.25) is 0 Å². The van der Waals surface area contributed by atoms with Crippen LogP contribution in [0.2, 0.25) is 0 Å². The lowest BCUT2D eigenvalue weighted by Gasteiger charge is -2.22. The van der Waals surface area contributed by atoms with Gasteiger partial charge in [-0.3, -0.25) is 0 Å². The Morgan fingerprint density at radius 3 is 2.72 bits per heavy atom. The summed E-state index contributed by atoms with van der Waals surface area (Å²) in [7, 11) is 1.89. The summed E-state index contributed by atoms with van der Waals surface area (Å²) in [6.07, 6.45) is 6.60. The zero-order valence-electron chi connectivity index (χ0n) is 10.8. The third-order valence-corrected chi connectivity index (χ3v) is 4.69. The van der Waals surface area contributed by atoms with Gasteiger partial charge in [0.15, 0.2) is 0 Å². The first-order valence-electron chi connectivity index (χ1n) is 6.61. The fourth-order valence-corrected chi connectivity index (χ4v) is 3.11. The van der Waals surface area contributed by atoms with Crippen molar-refractivity contribution in [2.45, 2.75) is 44.7 Å². The van der Waals surface area contributed by atoms with E-state index in [1.165, 1.54) is 17.7 Å². The maximum atomic E-state index is 12.1. The molecule has 2 saturated carbocycles. The zero-order chi connectivity index (χ0) is 12.7. The number of thiazole rings is 1. The van der Waals surface area contributed by atoms with E-state index in [-0.39, 0.29) is 12.1 Å². The maximum absolute atomic E-state index is 12.1. The summed E-state index contributed by atoms with van der Waals surface area (Å²) in [5, 5.41) is 4.23. The molecule has 1 heterocycles. The molecule has 1 aromatic heterocycles. The number of aryl methyl sites for hydroxylation is 1. The Morgan fingerprint density at radius 1 is 1.50 bits per heavy atom. The molecular formula is C13H19N3OS. The number of amides is 2. The van der Waals surface area contributed by atoms with E-state index in [9.17, 15) is 4.79 Å². The lowest BCUT2D eigenvalue weighted by molar-refractivity contribution is 0.201. The first-order chi connectivity index (χ1) is 8.65. The first kappa shape index (κ1) is 12.0. The van der Waals surface area contributed by atoms with Crippen LogP contribution in [0, 0.1) is 12.8 Å². The molecule has 0 bridgehead atoms. The minimum atomic E-state index is 0.0576. The highest BCUT2D eigenvalue weighted by atomic mass is 32.1. The number of aromatic nitrogens is 1. The van der Waals surface area contributed by atoms with E-state index in [0.717, 1.165) is 17.8 Å². The number of rotatable bonds is 4. The normalized spacial score (nSPS) is 20.6. The Balaban J connectivity index is 1.68. The fraction of sp³-hybridized carbons (Fsp3) is 0.692. The number of hydrogen-bond donors (Lipinski definition) is 1. The average Bonchev–Trinajstić information content (AvgIpc) is 3.24. The van der Waals surface area contributed by atoms with Crippen LogP contribution >= 0.6 is 11.3 Å². The average molecular weight is 265 g/mol. The number of nitrogens with zero attached hydrogens (tertiary/aromatic N) is 2. The number of urea groups is 1. The molecule has 98 valence electrons. The molecule has 2 aliphatic rings. The van der Waals surface area contributed by atoms with Crippen LogP contribution in [-0.4, -0.2) is 29.0 Å². The third kappa shape index (κ3) is 2.51. The molecule has 0 spiro atoms. The molecule has 1 unspecified atom stereocenters. The molecule has 2 aliphatic carbocycles. The molecule has 18 heavy (non-hydrogen) atoms. The van der Waals surface area contributed by atoms with Crippen LogP contribution in [0.25, 0.3) is 0 Å². The van der Waals surface area contributed by atoms with Crippen molar-refractivity contribution in [3.8, 4) is 0 Å². The topological polar surface area (TPSA) is 45.2 Å². The predicted octanol–water partition coefficient (Wildman–Crippen LogP) is 2.71. The molecule has 3 rings (SSSR count). The molecule has 5 heteroatoms. The summed E-state index contributed by atoms with van der Waals surface area (Å²) in [6.45, 7) is 2.06. The van der Waals surface area contributed by atoms with Gasteiger partial charge < -0.3 is 10.2 Å². The van der Waals surface area contributed by atoms with Gasteiger partial charge in [0, 0.05) is 24.2 Å². The molecular weight excluding hydrogens is 246 g/mol.